The summed E-state index contributed by atoms with van der Waals surface area (Å²) in [5, 5.41) is 23.6. The van der Waals surface area contributed by atoms with Gasteiger partial charge < -0.3 is 15.7 Å². The van der Waals surface area contributed by atoms with E-state index in [9.17, 15) is 9.90 Å². The molecule has 28 heavy (non-hydrogen) atoms. The minimum Gasteiger partial charge on any atom is -0.392 e. The summed E-state index contributed by atoms with van der Waals surface area (Å²) in [5.41, 5.74) is 5.33. The Bertz CT molecular complexity index is 998. The number of nitrogens with one attached hydrogen (secondary N) is 2. The SMILES string of the molecule is Cc1ccc(NC(=O)Nc2ccc(N=Nc3cccc(C)c3)cc2CO)cc1. The highest BCUT2D eigenvalue weighted by Gasteiger charge is 2.08. The maximum absolute atomic E-state index is 12.2. The van der Waals surface area contributed by atoms with Crippen molar-refractivity contribution in [1.29, 1.82) is 0 Å². The van der Waals surface area contributed by atoms with Gasteiger partial charge in [0.1, 0.15) is 0 Å². The van der Waals surface area contributed by atoms with Crippen molar-refractivity contribution in [3.05, 3.63) is 83.4 Å². The van der Waals surface area contributed by atoms with E-state index < -0.39 is 0 Å². The third-order valence-corrected chi connectivity index (χ3v) is 4.10. The molecule has 0 saturated heterocycles. The predicted molar refractivity (Wildman–Crippen MR) is 112 cm³/mol. The van der Waals surface area contributed by atoms with E-state index in [1.165, 1.54) is 0 Å². The lowest BCUT2D eigenvalue weighted by molar-refractivity contribution is 0.262. The Balaban J connectivity index is 1.70. The van der Waals surface area contributed by atoms with Gasteiger partial charge in [-0.25, -0.2) is 4.79 Å². The predicted octanol–water partition coefficient (Wildman–Crippen LogP) is 5.86. The van der Waals surface area contributed by atoms with Crippen molar-refractivity contribution in [3.8, 4) is 0 Å². The molecule has 0 heterocycles. The summed E-state index contributed by atoms with van der Waals surface area (Å²) in [4.78, 5) is 12.2. The number of benzene rings is 3. The molecule has 6 nitrogen and oxygen atoms in total. The number of amides is 2. The van der Waals surface area contributed by atoms with Crippen LogP contribution in [0.5, 0.6) is 0 Å². The summed E-state index contributed by atoms with van der Waals surface area (Å²) in [7, 11) is 0. The van der Waals surface area contributed by atoms with Gasteiger partial charge in [0.05, 0.1) is 18.0 Å². The summed E-state index contributed by atoms with van der Waals surface area (Å²) in [6, 6.07) is 20.0. The Morgan fingerprint density at radius 1 is 0.857 bits per heavy atom. The Morgan fingerprint density at radius 2 is 1.57 bits per heavy atom. The van der Waals surface area contributed by atoms with Gasteiger partial charge >= 0.3 is 6.03 Å². The Kier molecular flexibility index (Phi) is 6.14. The number of hydrogen-bond acceptors (Lipinski definition) is 4. The highest BCUT2D eigenvalue weighted by atomic mass is 16.3. The molecule has 0 radical (unpaired) electrons. The number of anilines is 2. The first-order valence-electron chi connectivity index (χ1n) is 8.90. The van der Waals surface area contributed by atoms with Gasteiger partial charge in [-0.1, -0.05) is 29.8 Å². The first-order valence-corrected chi connectivity index (χ1v) is 8.90. The van der Waals surface area contributed by atoms with Gasteiger partial charge in [0, 0.05) is 16.9 Å². The molecule has 0 aliphatic heterocycles. The van der Waals surface area contributed by atoms with Gasteiger partial charge in [-0.15, -0.1) is 0 Å². The number of urea groups is 1. The fraction of sp³-hybridized carbons (Fsp3) is 0.136. The number of hydrogen-bond donors (Lipinski definition) is 3. The summed E-state index contributed by atoms with van der Waals surface area (Å²) >= 11 is 0. The van der Waals surface area contributed by atoms with E-state index in [-0.39, 0.29) is 12.6 Å². The van der Waals surface area contributed by atoms with Crippen molar-refractivity contribution >= 4 is 28.8 Å². The molecule has 0 unspecified atom stereocenters. The van der Waals surface area contributed by atoms with E-state index in [1.54, 1.807) is 18.2 Å². The number of azo groups is 1. The van der Waals surface area contributed by atoms with Crippen molar-refractivity contribution < 1.29 is 9.90 Å². The molecule has 3 N–H and O–H groups in total. The summed E-state index contributed by atoms with van der Waals surface area (Å²) < 4.78 is 0. The monoisotopic (exact) mass is 374 g/mol. The van der Waals surface area contributed by atoms with E-state index >= 15 is 0 Å². The Morgan fingerprint density at radius 3 is 2.25 bits per heavy atom. The second kappa shape index (κ2) is 8.92. The van der Waals surface area contributed by atoms with Crippen LogP contribution >= 0.6 is 0 Å². The molecule has 142 valence electrons. The van der Waals surface area contributed by atoms with Crippen LogP contribution in [0.15, 0.2) is 77.0 Å². The largest absolute Gasteiger partial charge is 0.392 e. The maximum atomic E-state index is 12.2. The van der Waals surface area contributed by atoms with Crippen molar-refractivity contribution in [2.45, 2.75) is 20.5 Å². The number of rotatable bonds is 5. The zero-order valence-electron chi connectivity index (χ0n) is 15.8. The standard InChI is InChI=1S/C22H22N4O2/c1-15-6-8-18(9-7-15)23-22(28)24-21-11-10-20(13-17(21)14-27)26-25-19-5-3-4-16(2)12-19/h3-13,27H,14H2,1-2H3,(H2,23,24,28). The van der Waals surface area contributed by atoms with E-state index in [2.05, 4.69) is 20.9 Å². The fourth-order valence-electron chi connectivity index (χ4n) is 2.62. The molecule has 0 aliphatic carbocycles. The zero-order chi connectivity index (χ0) is 19.9. The zero-order valence-corrected chi connectivity index (χ0v) is 15.8. The van der Waals surface area contributed by atoms with E-state index in [4.69, 9.17) is 0 Å². The van der Waals surface area contributed by atoms with Crippen LogP contribution in [0.25, 0.3) is 0 Å². The Labute approximate surface area is 164 Å². The number of aryl methyl sites for hydroxylation is 2. The molecule has 0 aliphatic rings. The number of carbonyl (C=O) groups is 1. The van der Waals surface area contributed by atoms with Crippen LogP contribution in [0.3, 0.4) is 0 Å². The molecule has 0 aromatic heterocycles. The van der Waals surface area contributed by atoms with Crippen molar-refractivity contribution in [2.75, 3.05) is 10.6 Å². The average Bonchev–Trinajstić information content (AvgIpc) is 2.69. The van der Waals surface area contributed by atoms with Gasteiger partial charge in [-0.2, -0.15) is 10.2 Å². The first kappa shape index (κ1) is 19.3. The summed E-state index contributed by atoms with van der Waals surface area (Å²) in [6.07, 6.45) is 0. The fourth-order valence-corrected chi connectivity index (χ4v) is 2.62. The molecular formula is C22H22N4O2. The van der Waals surface area contributed by atoms with Gasteiger partial charge in [0.2, 0.25) is 0 Å². The first-order chi connectivity index (χ1) is 13.5. The van der Waals surface area contributed by atoms with E-state index in [0.717, 1.165) is 16.8 Å². The van der Waals surface area contributed by atoms with Gasteiger partial charge in [-0.05, 0) is 61.9 Å². The number of nitrogens with zero attached hydrogens (tertiary/aromatic N) is 2. The second-order valence-corrected chi connectivity index (χ2v) is 6.48. The molecule has 3 aromatic carbocycles. The lowest BCUT2D eigenvalue weighted by Gasteiger charge is -2.11. The minimum absolute atomic E-state index is 0.228. The molecular weight excluding hydrogens is 352 g/mol. The number of aliphatic hydroxyl groups excluding tert-OH is 1. The van der Waals surface area contributed by atoms with Crippen LogP contribution in [-0.4, -0.2) is 11.1 Å². The quantitative estimate of drug-likeness (QED) is 0.489. The molecule has 0 spiro atoms. The lowest BCUT2D eigenvalue weighted by atomic mass is 10.1. The minimum atomic E-state index is -0.382. The van der Waals surface area contributed by atoms with Gasteiger partial charge in [0.25, 0.3) is 0 Å². The smallest absolute Gasteiger partial charge is 0.323 e. The Hall–Kier alpha value is -3.51. The molecule has 0 saturated carbocycles. The lowest BCUT2D eigenvalue weighted by Crippen LogP contribution is -2.20. The average molecular weight is 374 g/mol. The van der Waals surface area contributed by atoms with Crippen molar-refractivity contribution in [3.63, 3.8) is 0 Å². The molecule has 0 fully saturated rings. The number of carbonyl (C=O) groups excluding carboxylic acids is 1. The van der Waals surface area contributed by atoms with E-state index in [0.29, 0.717) is 22.6 Å². The normalized spacial score (nSPS) is 10.8. The third kappa shape index (κ3) is 5.25. The van der Waals surface area contributed by atoms with E-state index in [1.807, 2.05) is 62.4 Å². The van der Waals surface area contributed by atoms with Crippen LogP contribution in [0.4, 0.5) is 27.5 Å². The van der Waals surface area contributed by atoms with Gasteiger partial charge in [0.15, 0.2) is 0 Å². The van der Waals surface area contributed by atoms with Gasteiger partial charge in [-0.3, -0.25) is 0 Å². The summed E-state index contributed by atoms with van der Waals surface area (Å²) in [6.45, 7) is 3.74. The summed E-state index contributed by atoms with van der Waals surface area (Å²) in [5.74, 6) is 0. The molecule has 3 aromatic rings. The molecule has 0 bridgehead atoms. The third-order valence-electron chi connectivity index (χ3n) is 4.10. The van der Waals surface area contributed by atoms with Crippen LogP contribution in [0.1, 0.15) is 16.7 Å². The van der Waals surface area contributed by atoms with Crippen LogP contribution in [0, 0.1) is 13.8 Å². The second-order valence-electron chi connectivity index (χ2n) is 6.48. The topological polar surface area (TPSA) is 86.1 Å². The molecule has 0 atom stereocenters. The maximum Gasteiger partial charge on any atom is 0.323 e. The van der Waals surface area contributed by atoms with Crippen molar-refractivity contribution in [2.24, 2.45) is 10.2 Å². The molecule has 3 rings (SSSR count). The van der Waals surface area contributed by atoms with Crippen LogP contribution in [-0.2, 0) is 6.61 Å². The number of aliphatic hydroxyl groups is 1. The van der Waals surface area contributed by atoms with Crippen LogP contribution in [0.2, 0.25) is 0 Å². The highest BCUT2D eigenvalue weighted by Crippen LogP contribution is 2.25. The van der Waals surface area contributed by atoms with Crippen molar-refractivity contribution in [1.82, 2.24) is 0 Å². The molecule has 2 amide bonds. The van der Waals surface area contributed by atoms with Crippen LogP contribution < -0.4 is 10.6 Å². The highest BCUT2D eigenvalue weighted by molar-refractivity contribution is 6.00. The molecule has 6 heteroatoms.